The molecule has 2 aromatic rings. The van der Waals surface area contributed by atoms with E-state index in [9.17, 15) is 4.79 Å². The van der Waals surface area contributed by atoms with Crippen molar-refractivity contribution in [2.45, 2.75) is 18.4 Å². The van der Waals surface area contributed by atoms with Crippen molar-refractivity contribution in [3.8, 4) is 5.75 Å². The van der Waals surface area contributed by atoms with Gasteiger partial charge in [0.05, 0.1) is 12.7 Å². The van der Waals surface area contributed by atoms with E-state index in [0.29, 0.717) is 17.2 Å². The molecular formula is C17H16BrNO2. The largest absolute Gasteiger partial charge is 0.496 e. The molecule has 108 valence electrons. The van der Waals surface area contributed by atoms with Crippen molar-refractivity contribution in [3.05, 3.63) is 64.1 Å². The molecule has 1 aliphatic rings. The summed E-state index contributed by atoms with van der Waals surface area (Å²) in [5.74, 6) is 0.929. The summed E-state index contributed by atoms with van der Waals surface area (Å²) >= 11 is 3.38. The lowest BCUT2D eigenvalue weighted by Crippen LogP contribution is -2.27. The lowest BCUT2D eigenvalue weighted by molar-refractivity contribution is 0.0947. The summed E-state index contributed by atoms with van der Waals surface area (Å²) in [6, 6.07) is 15.9. The van der Waals surface area contributed by atoms with Crippen LogP contribution in [-0.4, -0.2) is 19.1 Å². The average Bonchev–Trinajstić information content (AvgIpc) is 3.27. The predicted molar refractivity (Wildman–Crippen MR) is 85.7 cm³/mol. The molecule has 1 aliphatic carbocycles. The van der Waals surface area contributed by atoms with Crippen molar-refractivity contribution in [2.24, 2.45) is 0 Å². The van der Waals surface area contributed by atoms with E-state index in [2.05, 4.69) is 33.4 Å². The van der Waals surface area contributed by atoms with E-state index in [0.717, 1.165) is 10.9 Å². The Balaban J connectivity index is 1.68. The van der Waals surface area contributed by atoms with Crippen LogP contribution in [0.2, 0.25) is 0 Å². The van der Waals surface area contributed by atoms with E-state index in [1.54, 1.807) is 19.2 Å². The van der Waals surface area contributed by atoms with E-state index in [4.69, 9.17) is 4.74 Å². The van der Waals surface area contributed by atoms with Crippen LogP contribution in [0, 0.1) is 0 Å². The number of carbonyl (C=O) groups is 1. The number of halogens is 1. The normalized spacial score (nSPS) is 19.9. The third-order valence-corrected chi connectivity index (χ3v) is 4.24. The van der Waals surface area contributed by atoms with Crippen LogP contribution in [0.5, 0.6) is 5.75 Å². The molecule has 1 saturated carbocycles. The Morgan fingerprint density at radius 1 is 1.24 bits per heavy atom. The first kappa shape index (κ1) is 14.1. The van der Waals surface area contributed by atoms with Gasteiger partial charge in [0.1, 0.15) is 5.75 Å². The standard InChI is InChI=1S/C17H16BrNO2/c1-21-16-9-12(18)7-8-13(16)17(20)19-15-10-14(15)11-5-3-2-4-6-11/h2-9,14-15H,10H2,1H3,(H,19,20). The fourth-order valence-corrected chi connectivity index (χ4v) is 2.86. The zero-order chi connectivity index (χ0) is 14.8. The van der Waals surface area contributed by atoms with Gasteiger partial charge in [-0.1, -0.05) is 46.3 Å². The number of nitrogens with one attached hydrogen (secondary N) is 1. The molecule has 4 heteroatoms. The summed E-state index contributed by atoms with van der Waals surface area (Å²) in [6.07, 6.45) is 0.995. The first-order valence-corrected chi connectivity index (χ1v) is 7.67. The van der Waals surface area contributed by atoms with Gasteiger partial charge in [-0.05, 0) is 30.2 Å². The lowest BCUT2D eigenvalue weighted by atomic mass is 10.1. The second kappa shape index (κ2) is 5.90. The van der Waals surface area contributed by atoms with Crippen molar-refractivity contribution >= 4 is 21.8 Å². The average molecular weight is 346 g/mol. The number of hydrogen-bond acceptors (Lipinski definition) is 2. The van der Waals surface area contributed by atoms with Crippen molar-refractivity contribution in [3.63, 3.8) is 0 Å². The molecule has 0 aliphatic heterocycles. The second-order valence-corrected chi connectivity index (χ2v) is 6.09. The molecule has 1 N–H and O–H groups in total. The minimum Gasteiger partial charge on any atom is -0.496 e. The van der Waals surface area contributed by atoms with Crippen molar-refractivity contribution in [1.29, 1.82) is 0 Å². The fourth-order valence-electron chi connectivity index (χ4n) is 2.52. The van der Waals surface area contributed by atoms with Crippen molar-refractivity contribution in [2.75, 3.05) is 7.11 Å². The highest BCUT2D eigenvalue weighted by molar-refractivity contribution is 9.10. The molecule has 1 amide bonds. The van der Waals surface area contributed by atoms with Crippen LogP contribution in [0.1, 0.15) is 28.3 Å². The monoisotopic (exact) mass is 345 g/mol. The maximum atomic E-state index is 12.4. The minimum absolute atomic E-state index is 0.0808. The Labute approximate surface area is 132 Å². The highest BCUT2D eigenvalue weighted by Crippen LogP contribution is 2.41. The van der Waals surface area contributed by atoms with E-state index in [-0.39, 0.29) is 11.9 Å². The maximum Gasteiger partial charge on any atom is 0.255 e. The highest BCUT2D eigenvalue weighted by atomic mass is 79.9. The molecular weight excluding hydrogens is 330 g/mol. The summed E-state index contributed by atoms with van der Waals surface area (Å²) in [6.45, 7) is 0. The van der Waals surface area contributed by atoms with Gasteiger partial charge in [0.2, 0.25) is 0 Å². The summed E-state index contributed by atoms with van der Waals surface area (Å²) in [5.41, 5.74) is 1.85. The summed E-state index contributed by atoms with van der Waals surface area (Å²) in [4.78, 5) is 12.4. The fraction of sp³-hybridized carbons (Fsp3) is 0.235. The molecule has 0 heterocycles. The number of rotatable bonds is 4. The van der Waals surface area contributed by atoms with E-state index in [1.807, 2.05) is 24.3 Å². The molecule has 3 rings (SSSR count). The molecule has 3 nitrogen and oxygen atoms in total. The smallest absolute Gasteiger partial charge is 0.255 e. The lowest BCUT2D eigenvalue weighted by Gasteiger charge is -2.09. The summed E-state index contributed by atoms with van der Waals surface area (Å²) in [7, 11) is 1.57. The molecule has 2 aromatic carbocycles. The van der Waals surface area contributed by atoms with Crippen LogP contribution in [-0.2, 0) is 0 Å². The molecule has 0 bridgehead atoms. The quantitative estimate of drug-likeness (QED) is 0.916. The number of carbonyl (C=O) groups excluding carboxylic acids is 1. The van der Waals surface area contributed by atoms with Crippen LogP contribution < -0.4 is 10.1 Å². The topological polar surface area (TPSA) is 38.3 Å². The van der Waals surface area contributed by atoms with E-state index in [1.165, 1.54) is 5.56 Å². The van der Waals surface area contributed by atoms with Crippen LogP contribution in [0.15, 0.2) is 53.0 Å². The molecule has 0 spiro atoms. The molecule has 2 atom stereocenters. The first-order chi connectivity index (χ1) is 10.2. The van der Waals surface area contributed by atoms with Gasteiger partial charge >= 0.3 is 0 Å². The van der Waals surface area contributed by atoms with Gasteiger partial charge in [0.25, 0.3) is 5.91 Å². The number of hydrogen-bond donors (Lipinski definition) is 1. The number of benzene rings is 2. The molecule has 21 heavy (non-hydrogen) atoms. The van der Waals surface area contributed by atoms with E-state index >= 15 is 0 Å². The Kier molecular flexibility index (Phi) is 3.97. The third kappa shape index (κ3) is 3.10. The summed E-state index contributed by atoms with van der Waals surface area (Å²) in [5, 5.41) is 3.08. The highest BCUT2D eigenvalue weighted by Gasteiger charge is 2.39. The van der Waals surface area contributed by atoms with Gasteiger partial charge in [-0.2, -0.15) is 0 Å². The van der Waals surface area contributed by atoms with Crippen LogP contribution in [0.4, 0.5) is 0 Å². The Morgan fingerprint density at radius 2 is 2.00 bits per heavy atom. The van der Waals surface area contributed by atoms with Crippen LogP contribution in [0.25, 0.3) is 0 Å². The zero-order valence-corrected chi connectivity index (χ0v) is 13.3. The van der Waals surface area contributed by atoms with Crippen LogP contribution >= 0.6 is 15.9 Å². The minimum atomic E-state index is -0.0808. The molecule has 2 unspecified atom stereocenters. The number of ether oxygens (including phenoxy) is 1. The van der Waals surface area contributed by atoms with Gasteiger partial charge in [-0.3, -0.25) is 4.79 Å². The maximum absolute atomic E-state index is 12.4. The Hall–Kier alpha value is -1.81. The third-order valence-electron chi connectivity index (χ3n) is 3.74. The number of methoxy groups -OCH3 is 1. The molecule has 0 saturated heterocycles. The van der Waals surface area contributed by atoms with Gasteiger partial charge in [0.15, 0.2) is 0 Å². The molecule has 0 aromatic heterocycles. The first-order valence-electron chi connectivity index (χ1n) is 6.88. The Bertz CT molecular complexity index is 657. The van der Waals surface area contributed by atoms with Gasteiger partial charge in [0, 0.05) is 16.4 Å². The molecule has 1 fully saturated rings. The second-order valence-electron chi connectivity index (χ2n) is 5.18. The van der Waals surface area contributed by atoms with Gasteiger partial charge < -0.3 is 10.1 Å². The van der Waals surface area contributed by atoms with Crippen molar-refractivity contribution < 1.29 is 9.53 Å². The Morgan fingerprint density at radius 3 is 2.71 bits per heavy atom. The van der Waals surface area contributed by atoms with Crippen molar-refractivity contribution in [1.82, 2.24) is 5.32 Å². The number of amides is 1. The van der Waals surface area contributed by atoms with E-state index < -0.39 is 0 Å². The SMILES string of the molecule is COc1cc(Br)ccc1C(=O)NC1CC1c1ccccc1. The zero-order valence-electron chi connectivity index (χ0n) is 11.7. The van der Waals surface area contributed by atoms with Gasteiger partial charge in [-0.25, -0.2) is 0 Å². The predicted octanol–water partition coefficient (Wildman–Crippen LogP) is 3.74. The molecule has 0 radical (unpaired) electrons. The van der Waals surface area contributed by atoms with Crippen LogP contribution in [0.3, 0.4) is 0 Å². The van der Waals surface area contributed by atoms with Gasteiger partial charge in [-0.15, -0.1) is 0 Å². The summed E-state index contributed by atoms with van der Waals surface area (Å²) < 4.78 is 6.16.